The standard InChI is InChI=1S/C27H26N2O7/c1-15-11-23(32)25(27(35)29(15)10-9-16-7-8-21(30)22(31)12-16)18(14-24(33)36-2)19-13-17-5-3-4-6-20(17)28-26(19)34/h3-8,11-13,18,30-32H,9-10,14H2,1-2H3,(H,28,34)/t18-/m1/s1. The maximum absolute atomic E-state index is 13.7. The number of esters is 1. The summed E-state index contributed by atoms with van der Waals surface area (Å²) in [6.07, 6.45) is 0.0205. The van der Waals surface area contributed by atoms with Crippen molar-refractivity contribution in [3.05, 3.63) is 97.7 Å². The average Bonchev–Trinajstić information content (AvgIpc) is 2.84. The van der Waals surface area contributed by atoms with Gasteiger partial charge in [0.05, 0.1) is 19.1 Å². The number of nitrogens with one attached hydrogen (secondary N) is 1. The number of methoxy groups -OCH3 is 1. The van der Waals surface area contributed by atoms with Crippen LogP contribution >= 0.6 is 0 Å². The number of fused-ring (bicyclic) bond motifs is 1. The number of H-pyrrole nitrogens is 1. The number of aromatic hydroxyl groups is 3. The molecule has 0 aliphatic carbocycles. The SMILES string of the molecule is COC(=O)C[C@H](c1cc2ccccc2[nH]c1=O)c1c(O)cc(C)n(CCc2ccc(O)c(O)c2)c1=O. The van der Waals surface area contributed by atoms with Crippen molar-refractivity contribution in [2.24, 2.45) is 0 Å². The minimum atomic E-state index is -1.05. The number of aromatic nitrogens is 2. The lowest BCUT2D eigenvalue weighted by Crippen LogP contribution is -2.31. The molecule has 36 heavy (non-hydrogen) atoms. The van der Waals surface area contributed by atoms with E-state index in [1.165, 1.54) is 29.9 Å². The Hall–Kier alpha value is -4.53. The zero-order valence-corrected chi connectivity index (χ0v) is 19.8. The third-order valence-electron chi connectivity index (χ3n) is 6.29. The summed E-state index contributed by atoms with van der Waals surface area (Å²) in [6, 6.07) is 14.6. The number of hydrogen-bond donors (Lipinski definition) is 4. The number of pyridine rings is 2. The summed E-state index contributed by atoms with van der Waals surface area (Å²) in [7, 11) is 1.21. The van der Waals surface area contributed by atoms with Crippen LogP contribution in [0.5, 0.6) is 17.2 Å². The molecule has 4 aromatic rings. The largest absolute Gasteiger partial charge is 0.507 e. The van der Waals surface area contributed by atoms with E-state index in [1.54, 1.807) is 43.3 Å². The van der Waals surface area contributed by atoms with Gasteiger partial charge in [-0.15, -0.1) is 0 Å². The second kappa shape index (κ2) is 9.99. The first kappa shape index (κ1) is 24.6. The molecular weight excluding hydrogens is 464 g/mol. The van der Waals surface area contributed by atoms with E-state index >= 15 is 0 Å². The molecule has 0 bridgehead atoms. The van der Waals surface area contributed by atoms with Gasteiger partial charge in [-0.05, 0) is 54.6 Å². The molecule has 4 rings (SSSR count). The molecule has 4 N–H and O–H groups in total. The van der Waals surface area contributed by atoms with E-state index in [0.29, 0.717) is 28.6 Å². The molecule has 9 nitrogen and oxygen atoms in total. The number of ether oxygens (including phenoxy) is 1. The Bertz CT molecular complexity index is 1570. The molecule has 2 aromatic heterocycles. The van der Waals surface area contributed by atoms with Crippen molar-refractivity contribution < 1.29 is 24.9 Å². The van der Waals surface area contributed by atoms with Gasteiger partial charge >= 0.3 is 5.97 Å². The number of rotatable bonds is 7. The number of para-hydroxylation sites is 1. The molecule has 1 atom stereocenters. The molecule has 0 aliphatic rings. The summed E-state index contributed by atoms with van der Waals surface area (Å²) in [5.74, 6) is -2.53. The summed E-state index contributed by atoms with van der Waals surface area (Å²) in [6.45, 7) is 1.86. The zero-order valence-electron chi connectivity index (χ0n) is 19.8. The fourth-order valence-corrected chi connectivity index (χ4v) is 4.38. The molecule has 0 saturated heterocycles. The number of phenolic OH excluding ortho intramolecular Hbond substituents is 2. The molecule has 2 heterocycles. The van der Waals surface area contributed by atoms with Crippen molar-refractivity contribution in [1.82, 2.24) is 9.55 Å². The van der Waals surface area contributed by atoms with Crippen molar-refractivity contribution in [1.29, 1.82) is 0 Å². The van der Waals surface area contributed by atoms with Gasteiger partial charge in [0.2, 0.25) is 0 Å². The van der Waals surface area contributed by atoms with Crippen LogP contribution < -0.4 is 11.1 Å². The van der Waals surface area contributed by atoms with E-state index in [-0.39, 0.29) is 41.3 Å². The Morgan fingerprint density at radius 1 is 1.00 bits per heavy atom. The van der Waals surface area contributed by atoms with Crippen LogP contribution in [0.25, 0.3) is 10.9 Å². The second-order valence-corrected chi connectivity index (χ2v) is 8.59. The third kappa shape index (κ3) is 4.81. The van der Waals surface area contributed by atoms with Gasteiger partial charge in [-0.1, -0.05) is 24.3 Å². The van der Waals surface area contributed by atoms with Crippen LogP contribution in [0.4, 0.5) is 0 Å². The minimum absolute atomic E-state index is 0.0830. The lowest BCUT2D eigenvalue weighted by molar-refractivity contribution is -0.140. The molecule has 9 heteroatoms. The summed E-state index contributed by atoms with van der Waals surface area (Å²) in [4.78, 5) is 41.8. The van der Waals surface area contributed by atoms with E-state index in [0.717, 1.165) is 0 Å². The normalized spacial score (nSPS) is 11.9. The van der Waals surface area contributed by atoms with Crippen LogP contribution in [0, 0.1) is 6.92 Å². The smallest absolute Gasteiger partial charge is 0.306 e. The maximum atomic E-state index is 13.7. The van der Waals surface area contributed by atoms with Crippen molar-refractivity contribution in [2.75, 3.05) is 7.11 Å². The summed E-state index contributed by atoms with van der Waals surface area (Å²) in [5, 5.41) is 30.8. The van der Waals surface area contributed by atoms with Gasteiger partial charge in [-0.3, -0.25) is 14.4 Å². The number of aryl methyl sites for hydroxylation is 2. The maximum Gasteiger partial charge on any atom is 0.306 e. The second-order valence-electron chi connectivity index (χ2n) is 8.59. The highest BCUT2D eigenvalue weighted by Gasteiger charge is 2.29. The van der Waals surface area contributed by atoms with Gasteiger partial charge < -0.3 is 29.6 Å². The van der Waals surface area contributed by atoms with E-state index < -0.39 is 23.0 Å². The molecule has 0 aliphatic heterocycles. The van der Waals surface area contributed by atoms with Gasteiger partial charge in [0.15, 0.2) is 11.5 Å². The van der Waals surface area contributed by atoms with Crippen LogP contribution in [0.15, 0.2) is 64.2 Å². The first-order chi connectivity index (χ1) is 17.2. The molecule has 0 radical (unpaired) electrons. The van der Waals surface area contributed by atoms with Crippen LogP contribution in [-0.2, 0) is 22.5 Å². The van der Waals surface area contributed by atoms with Crippen LogP contribution in [0.3, 0.4) is 0 Å². The number of carbonyl (C=O) groups is 1. The number of benzene rings is 2. The minimum Gasteiger partial charge on any atom is -0.507 e. The number of phenols is 2. The predicted octanol–water partition coefficient (Wildman–Crippen LogP) is 3.05. The van der Waals surface area contributed by atoms with Crippen molar-refractivity contribution in [3.8, 4) is 17.2 Å². The molecule has 2 aromatic carbocycles. The number of hydrogen-bond acceptors (Lipinski definition) is 7. The number of aromatic amines is 1. The lowest BCUT2D eigenvalue weighted by Gasteiger charge is -2.20. The van der Waals surface area contributed by atoms with E-state index in [4.69, 9.17) is 4.74 Å². The monoisotopic (exact) mass is 490 g/mol. The highest BCUT2D eigenvalue weighted by atomic mass is 16.5. The topological polar surface area (TPSA) is 142 Å². The zero-order chi connectivity index (χ0) is 26.0. The number of nitrogens with zero attached hydrogens (tertiary/aromatic N) is 1. The molecule has 186 valence electrons. The average molecular weight is 491 g/mol. The molecule has 0 unspecified atom stereocenters. The first-order valence-electron chi connectivity index (χ1n) is 11.3. The molecule has 0 saturated carbocycles. The van der Waals surface area contributed by atoms with Gasteiger partial charge in [0, 0.05) is 29.2 Å². The highest BCUT2D eigenvalue weighted by molar-refractivity contribution is 5.79. The summed E-state index contributed by atoms with van der Waals surface area (Å²) >= 11 is 0. The van der Waals surface area contributed by atoms with Gasteiger partial charge in [-0.2, -0.15) is 0 Å². The predicted molar refractivity (Wildman–Crippen MR) is 134 cm³/mol. The lowest BCUT2D eigenvalue weighted by atomic mass is 9.88. The fraction of sp³-hybridized carbons (Fsp3) is 0.222. The fourth-order valence-electron chi connectivity index (χ4n) is 4.38. The Morgan fingerprint density at radius 3 is 2.47 bits per heavy atom. The Labute approximate surface area is 205 Å². The Kier molecular flexibility index (Phi) is 6.82. The van der Waals surface area contributed by atoms with E-state index in [1.807, 2.05) is 0 Å². The molecule has 0 fully saturated rings. The van der Waals surface area contributed by atoms with Crippen molar-refractivity contribution in [3.63, 3.8) is 0 Å². The van der Waals surface area contributed by atoms with Crippen molar-refractivity contribution in [2.45, 2.75) is 32.2 Å². The van der Waals surface area contributed by atoms with Crippen LogP contribution in [-0.4, -0.2) is 37.9 Å². The Morgan fingerprint density at radius 2 is 1.75 bits per heavy atom. The highest BCUT2D eigenvalue weighted by Crippen LogP contribution is 2.32. The van der Waals surface area contributed by atoms with E-state index in [9.17, 15) is 29.7 Å². The van der Waals surface area contributed by atoms with Gasteiger partial charge in [0.25, 0.3) is 11.1 Å². The molecular formula is C27H26N2O7. The van der Waals surface area contributed by atoms with Crippen molar-refractivity contribution >= 4 is 16.9 Å². The number of carbonyl (C=O) groups excluding carboxylic acids is 1. The summed E-state index contributed by atoms with van der Waals surface area (Å²) < 4.78 is 6.27. The first-order valence-corrected chi connectivity index (χ1v) is 11.3. The third-order valence-corrected chi connectivity index (χ3v) is 6.29. The summed E-state index contributed by atoms with van der Waals surface area (Å²) in [5.41, 5.74) is 0.818. The van der Waals surface area contributed by atoms with Gasteiger partial charge in [-0.25, -0.2) is 0 Å². The van der Waals surface area contributed by atoms with Gasteiger partial charge in [0.1, 0.15) is 5.75 Å². The molecule has 0 spiro atoms. The van der Waals surface area contributed by atoms with Crippen LogP contribution in [0.2, 0.25) is 0 Å². The Balaban J connectivity index is 1.82. The molecule has 0 amide bonds. The quantitative estimate of drug-likeness (QED) is 0.230. The van der Waals surface area contributed by atoms with E-state index in [2.05, 4.69) is 4.98 Å². The van der Waals surface area contributed by atoms with Crippen LogP contribution in [0.1, 0.15) is 34.7 Å².